The number of amides is 1. The highest BCUT2D eigenvalue weighted by Crippen LogP contribution is 2.20. The molecular formula is C10H12ClNOS. The standard InChI is InChI=1S/C10H12ClNOS/c1-6(11)5-12-10(13)9-4-7(2)14-8(9)3/h4H,1,5H2,2-3H3,(H,12,13). The van der Waals surface area contributed by atoms with Crippen molar-refractivity contribution in [2.45, 2.75) is 13.8 Å². The summed E-state index contributed by atoms with van der Waals surface area (Å²) >= 11 is 7.16. The number of thiophene rings is 1. The van der Waals surface area contributed by atoms with Gasteiger partial charge in [-0.25, -0.2) is 0 Å². The molecule has 1 N–H and O–H groups in total. The summed E-state index contributed by atoms with van der Waals surface area (Å²) in [6, 6.07) is 1.88. The highest BCUT2D eigenvalue weighted by atomic mass is 35.5. The summed E-state index contributed by atoms with van der Waals surface area (Å²) in [7, 11) is 0. The van der Waals surface area contributed by atoms with Gasteiger partial charge in [-0.15, -0.1) is 11.3 Å². The van der Waals surface area contributed by atoms with Crippen molar-refractivity contribution in [2.75, 3.05) is 6.54 Å². The van der Waals surface area contributed by atoms with Crippen molar-refractivity contribution in [2.24, 2.45) is 0 Å². The average molecular weight is 230 g/mol. The number of hydrogen-bond donors (Lipinski definition) is 1. The lowest BCUT2D eigenvalue weighted by Crippen LogP contribution is -2.24. The van der Waals surface area contributed by atoms with Crippen LogP contribution < -0.4 is 5.32 Å². The molecular weight excluding hydrogens is 218 g/mol. The lowest BCUT2D eigenvalue weighted by molar-refractivity contribution is 0.0957. The Morgan fingerprint density at radius 3 is 2.71 bits per heavy atom. The molecule has 0 saturated carbocycles. The summed E-state index contributed by atoms with van der Waals surface area (Å²) < 4.78 is 0. The summed E-state index contributed by atoms with van der Waals surface area (Å²) in [6.07, 6.45) is 0. The van der Waals surface area contributed by atoms with Crippen LogP contribution >= 0.6 is 22.9 Å². The molecule has 0 aromatic carbocycles. The zero-order valence-corrected chi connectivity index (χ0v) is 9.76. The summed E-state index contributed by atoms with van der Waals surface area (Å²) in [5, 5.41) is 3.12. The predicted molar refractivity (Wildman–Crippen MR) is 61.1 cm³/mol. The fourth-order valence-corrected chi connectivity index (χ4v) is 2.12. The van der Waals surface area contributed by atoms with Gasteiger partial charge < -0.3 is 5.32 Å². The third kappa shape index (κ3) is 2.86. The molecule has 0 fully saturated rings. The SMILES string of the molecule is C=C(Cl)CNC(=O)c1cc(C)sc1C. The van der Waals surface area contributed by atoms with Crippen LogP contribution in [0.4, 0.5) is 0 Å². The Morgan fingerprint density at radius 2 is 2.29 bits per heavy atom. The van der Waals surface area contributed by atoms with Gasteiger partial charge in [-0.1, -0.05) is 18.2 Å². The molecule has 0 radical (unpaired) electrons. The summed E-state index contributed by atoms with van der Waals surface area (Å²) in [6.45, 7) is 7.73. The van der Waals surface area contributed by atoms with Crippen molar-refractivity contribution in [3.8, 4) is 0 Å². The van der Waals surface area contributed by atoms with Crippen molar-refractivity contribution in [3.05, 3.63) is 33.0 Å². The maximum Gasteiger partial charge on any atom is 0.252 e. The summed E-state index contributed by atoms with van der Waals surface area (Å²) in [5.74, 6) is -0.0892. The molecule has 1 aromatic heterocycles. The van der Waals surface area contributed by atoms with E-state index in [2.05, 4.69) is 11.9 Å². The van der Waals surface area contributed by atoms with Gasteiger partial charge in [0.1, 0.15) is 0 Å². The zero-order valence-electron chi connectivity index (χ0n) is 8.19. The Kier molecular flexibility index (Phi) is 3.72. The Bertz CT molecular complexity index is 370. The van der Waals surface area contributed by atoms with E-state index in [9.17, 15) is 4.79 Å². The highest BCUT2D eigenvalue weighted by molar-refractivity contribution is 7.12. The van der Waals surface area contributed by atoms with Crippen LogP contribution in [0.15, 0.2) is 17.7 Å². The van der Waals surface area contributed by atoms with Gasteiger partial charge in [0.05, 0.1) is 12.1 Å². The number of hydrogen-bond acceptors (Lipinski definition) is 2. The minimum Gasteiger partial charge on any atom is -0.347 e. The molecule has 14 heavy (non-hydrogen) atoms. The molecule has 4 heteroatoms. The highest BCUT2D eigenvalue weighted by Gasteiger charge is 2.10. The molecule has 0 atom stereocenters. The van der Waals surface area contributed by atoms with Crippen LogP contribution in [0.25, 0.3) is 0 Å². The molecule has 1 rings (SSSR count). The third-order valence-electron chi connectivity index (χ3n) is 1.73. The van der Waals surface area contributed by atoms with E-state index in [1.54, 1.807) is 11.3 Å². The number of halogens is 1. The Hall–Kier alpha value is -0.800. The van der Waals surface area contributed by atoms with E-state index < -0.39 is 0 Å². The zero-order chi connectivity index (χ0) is 10.7. The van der Waals surface area contributed by atoms with Gasteiger partial charge in [0.2, 0.25) is 0 Å². The molecule has 1 aromatic rings. The monoisotopic (exact) mass is 229 g/mol. The van der Waals surface area contributed by atoms with Gasteiger partial charge in [0.15, 0.2) is 0 Å². The van der Waals surface area contributed by atoms with Gasteiger partial charge in [-0.3, -0.25) is 4.79 Å². The average Bonchev–Trinajstić information content (AvgIpc) is 2.41. The summed E-state index contributed by atoms with van der Waals surface area (Å²) in [4.78, 5) is 13.7. The first-order valence-corrected chi connectivity index (χ1v) is 5.38. The molecule has 1 heterocycles. The fourth-order valence-electron chi connectivity index (χ4n) is 1.13. The Labute approximate surface area is 92.6 Å². The smallest absolute Gasteiger partial charge is 0.252 e. The minimum absolute atomic E-state index is 0.0892. The number of carbonyl (C=O) groups excluding carboxylic acids is 1. The van der Waals surface area contributed by atoms with E-state index in [1.807, 2.05) is 19.9 Å². The second kappa shape index (κ2) is 4.62. The molecule has 0 spiro atoms. The first-order chi connectivity index (χ1) is 6.50. The van der Waals surface area contributed by atoms with Crippen molar-refractivity contribution in [3.63, 3.8) is 0 Å². The molecule has 0 aliphatic carbocycles. The van der Waals surface area contributed by atoms with Gasteiger partial charge in [0, 0.05) is 14.8 Å². The largest absolute Gasteiger partial charge is 0.347 e. The van der Waals surface area contributed by atoms with Crippen LogP contribution in [0.2, 0.25) is 0 Å². The molecule has 1 amide bonds. The van der Waals surface area contributed by atoms with E-state index >= 15 is 0 Å². The van der Waals surface area contributed by atoms with Crippen LogP contribution in [0.3, 0.4) is 0 Å². The van der Waals surface area contributed by atoms with Gasteiger partial charge in [-0.05, 0) is 19.9 Å². The topological polar surface area (TPSA) is 29.1 Å². The van der Waals surface area contributed by atoms with E-state index in [-0.39, 0.29) is 5.91 Å². The number of carbonyl (C=O) groups is 1. The summed E-state index contributed by atoms with van der Waals surface area (Å²) in [5.41, 5.74) is 0.727. The van der Waals surface area contributed by atoms with E-state index in [0.29, 0.717) is 11.6 Å². The van der Waals surface area contributed by atoms with Gasteiger partial charge >= 0.3 is 0 Å². The second-order valence-electron chi connectivity index (χ2n) is 3.03. The van der Waals surface area contributed by atoms with Crippen molar-refractivity contribution >= 4 is 28.8 Å². The lowest BCUT2D eigenvalue weighted by Gasteiger charge is -2.02. The van der Waals surface area contributed by atoms with Crippen LogP contribution in [-0.2, 0) is 0 Å². The van der Waals surface area contributed by atoms with Crippen molar-refractivity contribution in [1.29, 1.82) is 0 Å². The minimum atomic E-state index is -0.0892. The van der Waals surface area contributed by atoms with Crippen molar-refractivity contribution < 1.29 is 4.79 Å². The van der Waals surface area contributed by atoms with E-state index in [0.717, 1.165) is 15.3 Å². The molecule has 0 saturated heterocycles. The molecule has 0 bridgehead atoms. The predicted octanol–water partition coefficient (Wildman–Crippen LogP) is 2.85. The molecule has 76 valence electrons. The van der Waals surface area contributed by atoms with Crippen LogP contribution in [0.1, 0.15) is 20.1 Å². The lowest BCUT2D eigenvalue weighted by atomic mass is 10.2. The van der Waals surface area contributed by atoms with E-state index in [4.69, 9.17) is 11.6 Å². The van der Waals surface area contributed by atoms with Gasteiger partial charge in [0.25, 0.3) is 5.91 Å². The maximum absolute atomic E-state index is 11.6. The molecule has 0 unspecified atom stereocenters. The first kappa shape index (κ1) is 11.3. The van der Waals surface area contributed by atoms with E-state index in [1.165, 1.54) is 0 Å². The molecule has 2 nitrogen and oxygen atoms in total. The van der Waals surface area contributed by atoms with Gasteiger partial charge in [-0.2, -0.15) is 0 Å². The van der Waals surface area contributed by atoms with Crippen LogP contribution in [0.5, 0.6) is 0 Å². The fraction of sp³-hybridized carbons (Fsp3) is 0.300. The third-order valence-corrected chi connectivity index (χ3v) is 2.83. The second-order valence-corrected chi connectivity index (χ2v) is 5.02. The van der Waals surface area contributed by atoms with Crippen LogP contribution in [0, 0.1) is 13.8 Å². The molecule has 0 aliphatic rings. The maximum atomic E-state index is 11.6. The normalized spacial score (nSPS) is 9.93. The quantitative estimate of drug-likeness (QED) is 0.849. The number of aryl methyl sites for hydroxylation is 2. The Morgan fingerprint density at radius 1 is 1.64 bits per heavy atom. The number of rotatable bonds is 3. The van der Waals surface area contributed by atoms with Crippen molar-refractivity contribution in [1.82, 2.24) is 5.32 Å². The van der Waals surface area contributed by atoms with Crippen LogP contribution in [-0.4, -0.2) is 12.5 Å². The molecule has 0 aliphatic heterocycles. The Balaban J connectivity index is 2.69. The first-order valence-electron chi connectivity index (χ1n) is 4.19. The number of nitrogens with one attached hydrogen (secondary N) is 1.